The molecule has 1 aromatic rings. The van der Waals surface area contributed by atoms with Gasteiger partial charge in [0.2, 0.25) is 5.91 Å². The number of benzene rings is 1. The molecule has 0 bridgehead atoms. The van der Waals surface area contributed by atoms with Crippen LogP contribution in [0.3, 0.4) is 0 Å². The third kappa shape index (κ3) is 4.34. The van der Waals surface area contributed by atoms with Crippen LogP contribution in [-0.2, 0) is 9.59 Å². The number of carbonyl (C=O) groups is 3. The second-order valence-electron chi connectivity index (χ2n) is 6.88. The van der Waals surface area contributed by atoms with E-state index in [0.717, 1.165) is 4.90 Å². The zero-order chi connectivity index (χ0) is 17.9. The van der Waals surface area contributed by atoms with Gasteiger partial charge in [-0.3, -0.25) is 14.5 Å². The van der Waals surface area contributed by atoms with Crippen LogP contribution >= 0.6 is 0 Å². The SMILES string of the molecule is CC(C)CC1NC(=O)N(CC(=O)Nc2ccc(C(C)C)cc2)C1=O. The van der Waals surface area contributed by atoms with Crippen molar-refractivity contribution in [3.63, 3.8) is 0 Å². The molecule has 0 spiro atoms. The van der Waals surface area contributed by atoms with Crippen molar-refractivity contribution in [1.29, 1.82) is 0 Å². The molecule has 1 aromatic carbocycles. The van der Waals surface area contributed by atoms with Crippen molar-refractivity contribution < 1.29 is 14.4 Å². The smallest absolute Gasteiger partial charge is 0.325 e. The van der Waals surface area contributed by atoms with Crippen molar-refractivity contribution in [2.75, 3.05) is 11.9 Å². The minimum absolute atomic E-state index is 0.273. The molecule has 6 heteroatoms. The minimum atomic E-state index is -0.532. The summed E-state index contributed by atoms with van der Waals surface area (Å²) in [5.74, 6) is -0.0222. The lowest BCUT2D eigenvalue weighted by Crippen LogP contribution is -2.38. The van der Waals surface area contributed by atoms with Crippen LogP contribution in [0.15, 0.2) is 24.3 Å². The molecular weight excluding hydrogens is 306 g/mol. The molecule has 130 valence electrons. The molecule has 4 amide bonds. The van der Waals surface area contributed by atoms with Gasteiger partial charge in [0.1, 0.15) is 12.6 Å². The molecule has 1 fully saturated rings. The monoisotopic (exact) mass is 331 g/mol. The Morgan fingerprint density at radius 2 is 1.79 bits per heavy atom. The molecule has 1 unspecified atom stereocenters. The fourth-order valence-corrected chi connectivity index (χ4v) is 2.65. The molecule has 0 aliphatic carbocycles. The first-order valence-electron chi connectivity index (χ1n) is 8.29. The standard InChI is InChI=1S/C18H25N3O3/c1-11(2)9-15-17(23)21(18(24)20-15)10-16(22)19-14-7-5-13(6-8-14)12(3)4/h5-8,11-12,15H,9-10H2,1-4H3,(H,19,22)(H,20,24). The van der Waals surface area contributed by atoms with Crippen molar-refractivity contribution in [1.82, 2.24) is 10.2 Å². The van der Waals surface area contributed by atoms with E-state index in [1.54, 1.807) is 0 Å². The maximum Gasteiger partial charge on any atom is 0.325 e. The van der Waals surface area contributed by atoms with Crippen LogP contribution in [0.25, 0.3) is 0 Å². The van der Waals surface area contributed by atoms with Crippen LogP contribution in [0.5, 0.6) is 0 Å². The summed E-state index contributed by atoms with van der Waals surface area (Å²) in [4.78, 5) is 37.2. The van der Waals surface area contributed by atoms with Crippen molar-refractivity contribution in [2.45, 2.75) is 46.1 Å². The predicted octanol–water partition coefficient (Wildman–Crippen LogP) is 2.72. The largest absolute Gasteiger partial charge is 0.326 e. The summed E-state index contributed by atoms with van der Waals surface area (Å²) in [7, 11) is 0. The zero-order valence-corrected chi connectivity index (χ0v) is 14.6. The topological polar surface area (TPSA) is 78.5 Å². The molecule has 0 aromatic heterocycles. The van der Waals surface area contributed by atoms with E-state index in [1.807, 2.05) is 38.1 Å². The Hall–Kier alpha value is -2.37. The van der Waals surface area contributed by atoms with Crippen molar-refractivity contribution in [3.8, 4) is 0 Å². The fourth-order valence-electron chi connectivity index (χ4n) is 2.65. The minimum Gasteiger partial charge on any atom is -0.326 e. The molecule has 6 nitrogen and oxygen atoms in total. The highest BCUT2D eigenvalue weighted by Crippen LogP contribution is 2.18. The third-order valence-electron chi connectivity index (χ3n) is 3.98. The van der Waals surface area contributed by atoms with E-state index in [1.165, 1.54) is 5.56 Å². The number of carbonyl (C=O) groups excluding carboxylic acids is 3. The molecule has 1 saturated heterocycles. The predicted molar refractivity (Wildman–Crippen MR) is 92.6 cm³/mol. The normalized spacial score (nSPS) is 17.6. The lowest BCUT2D eigenvalue weighted by molar-refractivity contribution is -0.131. The van der Waals surface area contributed by atoms with Crippen LogP contribution in [0.4, 0.5) is 10.5 Å². The highest BCUT2D eigenvalue weighted by Gasteiger charge is 2.38. The van der Waals surface area contributed by atoms with Gasteiger partial charge in [-0.1, -0.05) is 39.8 Å². The highest BCUT2D eigenvalue weighted by atomic mass is 16.2. The lowest BCUT2D eigenvalue weighted by Gasteiger charge is -2.14. The Bertz CT molecular complexity index is 623. The quantitative estimate of drug-likeness (QED) is 0.787. The van der Waals surface area contributed by atoms with Gasteiger partial charge in [-0.2, -0.15) is 0 Å². The van der Waals surface area contributed by atoms with E-state index < -0.39 is 12.1 Å². The van der Waals surface area contributed by atoms with Gasteiger partial charge in [-0.25, -0.2) is 4.79 Å². The summed E-state index contributed by atoms with van der Waals surface area (Å²) in [6, 6.07) is 6.51. The number of nitrogens with zero attached hydrogens (tertiary/aromatic N) is 1. The van der Waals surface area contributed by atoms with Gasteiger partial charge >= 0.3 is 6.03 Å². The van der Waals surface area contributed by atoms with E-state index in [-0.39, 0.29) is 24.3 Å². The molecule has 2 rings (SSSR count). The Labute approximate surface area is 142 Å². The first-order valence-corrected chi connectivity index (χ1v) is 8.29. The van der Waals surface area contributed by atoms with Crippen LogP contribution in [0.1, 0.15) is 45.6 Å². The van der Waals surface area contributed by atoms with Crippen LogP contribution < -0.4 is 10.6 Å². The Morgan fingerprint density at radius 3 is 2.33 bits per heavy atom. The summed E-state index contributed by atoms with van der Waals surface area (Å²) < 4.78 is 0. The van der Waals surface area contributed by atoms with E-state index in [9.17, 15) is 14.4 Å². The number of nitrogens with one attached hydrogen (secondary N) is 2. The van der Waals surface area contributed by atoms with E-state index in [2.05, 4.69) is 24.5 Å². The molecule has 0 radical (unpaired) electrons. The first-order chi connectivity index (χ1) is 11.3. The van der Waals surface area contributed by atoms with Gasteiger partial charge in [0.25, 0.3) is 5.91 Å². The summed E-state index contributed by atoms with van der Waals surface area (Å²) in [6.45, 7) is 7.88. The van der Waals surface area contributed by atoms with Crippen LogP contribution in [-0.4, -0.2) is 35.3 Å². The number of urea groups is 1. The Morgan fingerprint density at radius 1 is 1.17 bits per heavy atom. The van der Waals surface area contributed by atoms with E-state index >= 15 is 0 Å². The number of anilines is 1. The average molecular weight is 331 g/mol. The van der Waals surface area contributed by atoms with Crippen molar-refractivity contribution in [3.05, 3.63) is 29.8 Å². The summed E-state index contributed by atoms with van der Waals surface area (Å²) in [5.41, 5.74) is 1.83. The lowest BCUT2D eigenvalue weighted by atomic mass is 10.0. The van der Waals surface area contributed by atoms with E-state index in [0.29, 0.717) is 18.0 Å². The summed E-state index contributed by atoms with van der Waals surface area (Å²) in [5, 5.41) is 5.35. The van der Waals surface area contributed by atoms with Gasteiger partial charge in [0.15, 0.2) is 0 Å². The second kappa shape index (κ2) is 7.47. The molecule has 1 heterocycles. The molecule has 24 heavy (non-hydrogen) atoms. The summed E-state index contributed by atoms with van der Waals surface area (Å²) >= 11 is 0. The third-order valence-corrected chi connectivity index (χ3v) is 3.98. The van der Waals surface area contributed by atoms with Crippen LogP contribution in [0.2, 0.25) is 0 Å². The van der Waals surface area contributed by atoms with Gasteiger partial charge in [0, 0.05) is 5.69 Å². The first kappa shape index (κ1) is 18.0. The fraction of sp³-hybridized carbons (Fsp3) is 0.500. The summed E-state index contributed by atoms with van der Waals surface area (Å²) in [6.07, 6.45) is 0.569. The number of imide groups is 1. The number of amides is 4. The molecular formula is C18H25N3O3. The Kier molecular flexibility index (Phi) is 5.59. The number of rotatable bonds is 6. The van der Waals surface area contributed by atoms with Gasteiger partial charge in [0.05, 0.1) is 0 Å². The molecule has 0 saturated carbocycles. The van der Waals surface area contributed by atoms with Crippen molar-refractivity contribution in [2.24, 2.45) is 5.92 Å². The number of hydrogen-bond acceptors (Lipinski definition) is 3. The van der Waals surface area contributed by atoms with Gasteiger partial charge in [-0.15, -0.1) is 0 Å². The maximum absolute atomic E-state index is 12.2. The van der Waals surface area contributed by atoms with Gasteiger partial charge in [-0.05, 0) is 36.0 Å². The van der Waals surface area contributed by atoms with Crippen molar-refractivity contribution >= 4 is 23.5 Å². The zero-order valence-electron chi connectivity index (χ0n) is 14.6. The highest BCUT2D eigenvalue weighted by molar-refractivity contribution is 6.07. The maximum atomic E-state index is 12.2. The molecule has 1 aliphatic rings. The van der Waals surface area contributed by atoms with E-state index in [4.69, 9.17) is 0 Å². The second-order valence-corrected chi connectivity index (χ2v) is 6.88. The molecule has 1 atom stereocenters. The average Bonchev–Trinajstić information content (AvgIpc) is 2.74. The molecule has 2 N–H and O–H groups in total. The van der Waals surface area contributed by atoms with Crippen LogP contribution in [0, 0.1) is 5.92 Å². The van der Waals surface area contributed by atoms with Gasteiger partial charge < -0.3 is 10.6 Å². The molecule has 1 aliphatic heterocycles. The number of hydrogen-bond donors (Lipinski definition) is 2. The Balaban J connectivity index is 1.94.